The van der Waals surface area contributed by atoms with Gasteiger partial charge in [-0.15, -0.1) is 0 Å². The molecule has 0 unspecified atom stereocenters. The normalized spacial score (nSPS) is 12.3. The predicted octanol–water partition coefficient (Wildman–Crippen LogP) is 0.778. The highest BCUT2D eigenvalue weighted by atomic mass is 16.6. The van der Waals surface area contributed by atoms with Gasteiger partial charge < -0.3 is 14.2 Å². The van der Waals surface area contributed by atoms with E-state index < -0.39 is 34.9 Å². The highest BCUT2D eigenvalue weighted by Gasteiger charge is 2.58. The largest absolute Gasteiger partial charge is 0.466 e. The molecular weight excluding hydrogens is 294 g/mol. The van der Waals surface area contributed by atoms with Crippen LogP contribution in [-0.4, -0.2) is 50.3 Å². The zero-order chi connectivity index (χ0) is 16.8. The third-order valence-electron chi connectivity index (χ3n) is 3.32. The van der Waals surface area contributed by atoms with Gasteiger partial charge >= 0.3 is 11.9 Å². The van der Waals surface area contributed by atoms with Crippen LogP contribution in [0, 0.1) is 10.1 Å². The number of nitro groups is 1. The molecule has 0 fully saturated rings. The Morgan fingerprint density at radius 3 is 2.00 bits per heavy atom. The lowest BCUT2D eigenvalue weighted by atomic mass is 9.81. The molecule has 0 bridgehead atoms. The maximum atomic E-state index is 12.2. The number of rotatable bonds is 7. The molecule has 0 radical (unpaired) electrons. The first kappa shape index (κ1) is 17.6. The Kier molecular flexibility index (Phi) is 6.00. The first-order chi connectivity index (χ1) is 10.4. The van der Waals surface area contributed by atoms with Gasteiger partial charge in [-0.3, -0.25) is 10.1 Å². The predicted molar refractivity (Wildman–Crippen MR) is 74.8 cm³/mol. The van der Waals surface area contributed by atoms with Gasteiger partial charge in [0.25, 0.3) is 5.60 Å². The molecule has 0 heterocycles. The highest BCUT2D eigenvalue weighted by molar-refractivity contribution is 6.05. The van der Waals surface area contributed by atoms with Crippen LogP contribution >= 0.6 is 0 Å². The summed E-state index contributed by atoms with van der Waals surface area (Å²) in [6, 6.07) is 8.10. The quantitative estimate of drug-likeness (QED) is 0.317. The molecule has 1 aromatic rings. The SMILES string of the molecule is COC(=O)C(OC)(C(=O)OC)[C@@H](C[N+](=O)[O-])c1ccccc1. The Bertz CT molecular complexity index is 527. The minimum absolute atomic E-state index is 0.386. The van der Waals surface area contributed by atoms with E-state index in [1.807, 2.05) is 0 Å². The zero-order valence-corrected chi connectivity index (χ0v) is 12.5. The van der Waals surface area contributed by atoms with E-state index in [-0.39, 0.29) is 0 Å². The van der Waals surface area contributed by atoms with Crippen molar-refractivity contribution >= 4 is 11.9 Å². The summed E-state index contributed by atoms with van der Waals surface area (Å²) >= 11 is 0. The second-order valence-corrected chi connectivity index (χ2v) is 4.40. The van der Waals surface area contributed by atoms with Crippen LogP contribution in [0.3, 0.4) is 0 Å². The standard InChI is InChI=1S/C14H17NO7/c1-20-12(16)14(22-3,13(17)21-2)11(9-15(18)19)10-7-5-4-6-8-10/h4-8,11H,9H2,1-3H3/t11-/m0/s1. The van der Waals surface area contributed by atoms with E-state index in [1.165, 1.54) is 0 Å². The minimum atomic E-state index is -2.25. The second-order valence-electron chi connectivity index (χ2n) is 4.40. The van der Waals surface area contributed by atoms with E-state index in [1.54, 1.807) is 30.3 Å². The third kappa shape index (κ3) is 3.22. The molecule has 0 N–H and O–H groups in total. The molecule has 1 atom stereocenters. The lowest BCUT2D eigenvalue weighted by Gasteiger charge is -2.32. The van der Waals surface area contributed by atoms with Gasteiger partial charge in [0.05, 0.1) is 20.1 Å². The lowest BCUT2D eigenvalue weighted by Crippen LogP contribution is -2.56. The summed E-state index contributed by atoms with van der Waals surface area (Å²) < 4.78 is 14.4. The lowest BCUT2D eigenvalue weighted by molar-refractivity contribution is -0.486. The molecule has 1 aromatic carbocycles. The van der Waals surface area contributed by atoms with Crippen LogP contribution in [-0.2, 0) is 23.8 Å². The molecule has 0 saturated heterocycles. The number of methoxy groups -OCH3 is 3. The molecule has 0 spiro atoms. The molecule has 8 nitrogen and oxygen atoms in total. The summed E-state index contributed by atoms with van der Waals surface area (Å²) in [4.78, 5) is 34.8. The summed E-state index contributed by atoms with van der Waals surface area (Å²) in [5.74, 6) is -3.32. The van der Waals surface area contributed by atoms with Crippen molar-refractivity contribution in [1.82, 2.24) is 0 Å². The van der Waals surface area contributed by atoms with Crippen molar-refractivity contribution in [3.05, 3.63) is 46.0 Å². The van der Waals surface area contributed by atoms with Crippen molar-refractivity contribution < 1.29 is 28.7 Å². The number of hydrogen-bond acceptors (Lipinski definition) is 7. The number of hydrogen-bond donors (Lipinski definition) is 0. The van der Waals surface area contributed by atoms with Crippen LogP contribution in [0.15, 0.2) is 30.3 Å². The Hall–Kier alpha value is -2.48. The Morgan fingerprint density at radius 1 is 1.14 bits per heavy atom. The first-order valence-corrected chi connectivity index (χ1v) is 6.32. The number of esters is 2. The van der Waals surface area contributed by atoms with Gasteiger partial charge in [0.1, 0.15) is 0 Å². The van der Waals surface area contributed by atoms with E-state index in [2.05, 4.69) is 9.47 Å². The number of nitrogens with zero attached hydrogens (tertiary/aromatic N) is 1. The molecule has 1 rings (SSSR count). The van der Waals surface area contributed by atoms with Crippen LogP contribution in [0.25, 0.3) is 0 Å². The Balaban J connectivity index is 3.51. The fraction of sp³-hybridized carbons (Fsp3) is 0.429. The number of carbonyl (C=O) groups excluding carboxylic acids is 2. The van der Waals surface area contributed by atoms with Crippen molar-refractivity contribution in [3.8, 4) is 0 Å². The maximum absolute atomic E-state index is 12.2. The van der Waals surface area contributed by atoms with Crippen molar-refractivity contribution in [3.63, 3.8) is 0 Å². The summed E-state index contributed by atoms with van der Waals surface area (Å²) in [6.07, 6.45) is 0. The molecule has 0 aromatic heterocycles. The van der Waals surface area contributed by atoms with E-state index in [9.17, 15) is 19.7 Å². The molecule has 0 amide bonds. The smallest absolute Gasteiger partial charge is 0.350 e. The van der Waals surface area contributed by atoms with Gasteiger partial charge in [-0.25, -0.2) is 9.59 Å². The van der Waals surface area contributed by atoms with E-state index in [4.69, 9.17) is 4.74 Å². The fourth-order valence-electron chi connectivity index (χ4n) is 2.28. The molecule has 0 aliphatic heterocycles. The third-order valence-corrected chi connectivity index (χ3v) is 3.32. The summed E-state index contributed by atoms with van der Waals surface area (Å²) in [5.41, 5.74) is -1.87. The summed E-state index contributed by atoms with van der Waals surface area (Å²) in [5, 5.41) is 11.0. The molecule has 0 saturated carbocycles. The topological polar surface area (TPSA) is 105 Å². The van der Waals surface area contributed by atoms with Gasteiger partial charge in [-0.05, 0) is 5.56 Å². The van der Waals surface area contributed by atoms with E-state index >= 15 is 0 Å². The molecule has 8 heteroatoms. The van der Waals surface area contributed by atoms with Crippen molar-refractivity contribution in [2.24, 2.45) is 0 Å². The van der Waals surface area contributed by atoms with Gasteiger partial charge in [0.2, 0.25) is 6.54 Å². The number of carbonyl (C=O) groups is 2. The monoisotopic (exact) mass is 311 g/mol. The average Bonchev–Trinajstić information content (AvgIpc) is 2.54. The van der Waals surface area contributed by atoms with E-state index in [0.717, 1.165) is 21.3 Å². The van der Waals surface area contributed by atoms with Crippen LogP contribution in [0.4, 0.5) is 0 Å². The van der Waals surface area contributed by atoms with Gasteiger partial charge in [-0.1, -0.05) is 30.3 Å². The van der Waals surface area contributed by atoms with Crippen molar-refractivity contribution in [2.45, 2.75) is 11.5 Å². The molecule has 22 heavy (non-hydrogen) atoms. The first-order valence-electron chi connectivity index (χ1n) is 6.32. The summed E-state index contributed by atoms with van der Waals surface area (Å²) in [6.45, 7) is -0.706. The average molecular weight is 311 g/mol. The maximum Gasteiger partial charge on any atom is 0.350 e. The minimum Gasteiger partial charge on any atom is -0.466 e. The molecular formula is C14H17NO7. The second kappa shape index (κ2) is 7.51. The molecule has 0 aliphatic carbocycles. The van der Waals surface area contributed by atoms with Crippen LogP contribution in [0.5, 0.6) is 0 Å². The highest BCUT2D eigenvalue weighted by Crippen LogP contribution is 2.34. The van der Waals surface area contributed by atoms with Crippen molar-refractivity contribution in [2.75, 3.05) is 27.9 Å². The van der Waals surface area contributed by atoms with Crippen molar-refractivity contribution in [1.29, 1.82) is 0 Å². The molecule has 0 aliphatic rings. The van der Waals surface area contributed by atoms with Crippen LogP contribution < -0.4 is 0 Å². The van der Waals surface area contributed by atoms with Gasteiger partial charge in [0.15, 0.2) is 0 Å². The van der Waals surface area contributed by atoms with Gasteiger partial charge in [-0.2, -0.15) is 0 Å². The van der Waals surface area contributed by atoms with Crippen LogP contribution in [0.1, 0.15) is 11.5 Å². The summed E-state index contributed by atoms with van der Waals surface area (Å²) in [7, 11) is 3.23. The van der Waals surface area contributed by atoms with E-state index in [0.29, 0.717) is 5.56 Å². The fourth-order valence-corrected chi connectivity index (χ4v) is 2.28. The Morgan fingerprint density at radius 2 is 1.64 bits per heavy atom. The number of ether oxygens (including phenoxy) is 3. The molecule has 120 valence electrons. The zero-order valence-electron chi connectivity index (χ0n) is 12.5. The van der Waals surface area contributed by atoms with Crippen LogP contribution in [0.2, 0.25) is 0 Å². The number of benzene rings is 1. The van der Waals surface area contributed by atoms with Gasteiger partial charge in [0, 0.05) is 12.0 Å². The Labute approximate surface area is 127 Å².